The Morgan fingerprint density at radius 2 is 1.33 bits per heavy atom. The van der Waals surface area contributed by atoms with Gasteiger partial charge in [-0.25, -0.2) is 0 Å². The molecule has 0 aromatic carbocycles. The van der Waals surface area contributed by atoms with Crippen LogP contribution in [-0.4, -0.2) is 0 Å². The molecule has 142 valence electrons. The van der Waals surface area contributed by atoms with Crippen LogP contribution in [0.5, 0.6) is 0 Å². The van der Waals surface area contributed by atoms with Crippen molar-refractivity contribution in [2.24, 2.45) is 58.2 Å². The summed E-state index contributed by atoms with van der Waals surface area (Å²) in [6.07, 6.45) is 5.72. The predicted octanol–water partition coefficient (Wildman–Crippen LogP) is 7.68. The molecule has 0 aromatic rings. The van der Waals surface area contributed by atoms with E-state index in [1.54, 1.807) is 0 Å². The van der Waals surface area contributed by atoms with Gasteiger partial charge in [-0.1, -0.05) is 75.7 Å². The van der Waals surface area contributed by atoms with E-state index in [4.69, 9.17) is 0 Å². The Labute approximate surface area is 153 Å². The van der Waals surface area contributed by atoms with Crippen molar-refractivity contribution in [3.05, 3.63) is 0 Å². The Morgan fingerprint density at radius 3 is 1.75 bits per heavy atom. The van der Waals surface area contributed by atoms with E-state index in [9.17, 15) is 0 Å². The molecule has 0 aromatic heterocycles. The summed E-state index contributed by atoms with van der Waals surface area (Å²) in [5.74, 6) is 7.45. The maximum Gasteiger partial charge on any atom is -0.0289 e. The van der Waals surface area contributed by atoms with Crippen LogP contribution in [-0.2, 0) is 0 Å². The molecule has 0 N–H and O–H groups in total. The molecule has 0 bridgehead atoms. The van der Waals surface area contributed by atoms with Crippen molar-refractivity contribution in [3.63, 3.8) is 0 Å². The Hall–Kier alpha value is 0. The first kappa shape index (κ1) is 20.3. The van der Waals surface area contributed by atoms with Gasteiger partial charge < -0.3 is 0 Å². The summed E-state index contributed by atoms with van der Waals surface area (Å²) in [4.78, 5) is 0. The van der Waals surface area contributed by atoms with Crippen LogP contribution in [0.15, 0.2) is 0 Å². The summed E-state index contributed by atoms with van der Waals surface area (Å²) in [5, 5.41) is 0. The fourth-order valence-electron chi connectivity index (χ4n) is 6.85. The topological polar surface area (TPSA) is 0 Å². The summed E-state index contributed by atoms with van der Waals surface area (Å²) in [6.45, 7) is 24.8. The van der Waals surface area contributed by atoms with Crippen molar-refractivity contribution in [1.82, 2.24) is 0 Å². The van der Waals surface area contributed by atoms with Crippen LogP contribution in [0, 0.1) is 58.2 Å². The molecule has 7 unspecified atom stereocenters. The van der Waals surface area contributed by atoms with Gasteiger partial charge >= 0.3 is 0 Å². The highest BCUT2D eigenvalue weighted by Gasteiger charge is 2.62. The Morgan fingerprint density at radius 1 is 0.792 bits per heavy atom. The van der Waals surface area contributed by atoms with E-state index >= 15 is 0 Å². The maximum atomic E-state index is 2.56. The predicted molar refractivity (Wildman–Crippen MR) is 108 cm³/mol. The molecule has 0 spiro atoms. The van der Waals surface area contributed by atoms with E-state index < -0.39 is 0 Å². The fraction of sp³-hybridized carbons (Fsp3) is 1.00. The minimum atomic E-state index is 0.589. The van der Waals surface area contributed by atoms with Crippen LogP contribution in [0.25, 0.3) is 0 Å². The average molecular weight is 335 g/mol. The first-order chi connectivity index (χ1) is 10.9. The lowest BCUT2D eigenvalue weighted by Crippen LogP contribution is -2.12. The standard InChI is InChI=1S/C24H46/c1-11-19(12-15(2)3)13-16(4)22-20(24(22,9)10)14-17(5)21-18(6)23(21,7)8/h15-22H,11-14H2,1-10H3. The molecule has 0 radical (unpaired) electrons. The molecule has 0 amide bonds. The van der Waals surface area contributed by atoms with E-state index in [0.29, 0.717) is 10.8 Å². The van der Waals surface area contributed by atoms with Crippen LogP contribution in [0.1, 0.15) is 94.9 Å². The molecule has 0 nitrogen and oxygen atoms in total. The van der Waals surface area contributed by atoms with Gasteiger partial charge in [-0.05, 0) is 77.4 Å². The molecule has 2 fully saturated rings. The second-order valence-corrected chi connectivity index (χ2v) is 11.4. The van der Waals surface area contributed by atoms with E-state index in [0.717, 1.165) is 47.3 Å². The smallest absolute Gasteiger partial charge is 0.0289 e. The maximum absolute atomic E-state index is 2.56. The second-order valence-electron chi connectivity index (χ2n) is 11.4. The Bertz CT molecular complexity index is 416. The molecule has 0 aliphatic heterocycles. The van der Waals surface area contributed by atoms with E-state index in [2.05, 4.69) is 69.2 Å². The van der Waals surface area contributed by atoms with Crippen LogP contribution < -0.4 is 0 Å². The van der Waals surface area contributed by atoms with Crippen LogP contribution >= 0.6 is 0 Å². The van der Waals surface area contributed by atoms with Crippen molar-refractivity contribution in [2.75, 3.05) is 0 Å². The van der Waals surface area contributed by atoms with E-state index in [1.807, 2.05) is 0 Å². The lowest BCUT2D eigenvalue weighted by atomic mass is 9.83. The van der Waals surface area contributed by atoms with Gasteiger partial charge in [-0.15, -0.1) is 0 Å². The average Bonchev–Trinajstić information content (AvgIpc) is 3.17. The molecule has 2 aliphatic carbocycles. The van der Waals surface area contributed by atoms with Crippen molar-refractivity contribution in [2.45, 2.75) is 94.9 Å². The van der Waals surface area contributed by atoms with Crippen molar-refractivity contribution in [3.8, 4) is 0 Å². The number of hydrogen-bond donors (Lipinski definition) is 0. The van der Waals surface area contributed by atoms with Crippen LogP contribution in [0.3, 0.4) is 0 Å². The van der Waals surface area contributed by atoms with Gasteiger partial charge in [-0.2, -0.15) is 0 Å². The molecule has 24 heavy (non-hydrogen) atoms. The van der Waals surface area contributed by atoms with Gasteiger partial charge in [0.15, 0.2) is 0 Å². The summed E-state index contributed by atoms with van der Waals surface area (Å²) in [6, 6.07) is 0. The van der Waals surface area contributed by atoms with Gasteiger partial charge in [0, 0.05) is 0 Å². The molecule has 2 rings (SSSR count). The lowest BCUT2D eigenvalue weighted by Gasteiger charge is -2.22. The number of rotatable bonds is 9. The summed E-state index contributed by atoms with van der Waals surface area (Å²) in [5.41, 5.74) is 1.19. The zero-order chi connectivity index (χ0) is 18.4. The second kappa shape index (κ2) is 6.96. The van der Waals surface area contributed by atoms with Crippen molar-refractivity contribution in [1.29, 1.82) is 0 Å². The highest BCUT2D eigenvalue weighted by molar-refractivity contribution is 5.10. The minimum Gasteiger partial charge on any atom is -0.0651 e. The van der Waals surface area contributed by atoms with Gasteiger partial charge in [0.1, 0.15) is 0 Å². The molecule has 2 saturated carbocycles. The third kappa shape index (κ3) is 3.88. The van der Waals surface area contributed by atoms with Crippen LogP contribution in [0.2, 0.25) is 0 Å². The van der Waals surface area contributed by atoms with E-state index in [1.165, 1.54) is 25.7 Å². The minimum absolute atomic E-state index is 0.589. The van der Waals surface area contributed by atoms with Gasteiger partial charge in [0.25, 0.3) is 0 Å². The third-order valence-electron chi connectivity index (χ3n) is 8.54. The molecular weight excluding hydrogens is 288 g/mol. The zero-order valence-electron chi connectivity index (χ0n) is 18.4. The fourth-order valence-corrected chi connectivity index (χ4v) is 6.85. The van der Waals surface area contributed by atoms with Gasteiger partial charge in [0.05, 0.1) is 0 Å². The summed E-state index contributed by atoms with van der Waals surface area (Å²) < 4.78 is 0. The quantitative estimate of drug-likeness (QED) is 0.405. The third-order valence-corrected chi connectivity index (χ3v) is 8.54. The molecule has 0 heteroatoms. The normalized spacial score (nSPS) is 37.1. The van der Waals surface area contributed by atoms with Crippen molar-refractivity contribution < 1.29 is 0 Å². The lowest BCUT2D eigenvalue weighted by molar-refractivity contribution is 0.282. The first-order valence-electron chi connectivity index (χ1n) is 10.9. The highest BCUT2D eigenvalue weighted by Crippen LogP contribution is 2.68. The summed E-state index contributed by atoms with van der Waals surface area (Å²) >= 11 is 0. The Kier molecular flexibility index (Phi) is 5.89. The van der Waals surface area contributed by atoms with Gasteiger partial charge in [0.2, 0.25) is 0 Å². The first-order valence-corrected chi connectivity index (χ1v) is 10.9. The van der Waals surface area contributed by atoms with Crippen LogP contribution in [0.4, 0.5) is 0 Å². The zero-order valence-corrected chi connectivity index (χ0v) is 18.4. The highest BCUT2D eigenvalue weighted by atomic mass is 14.7. The van der Waals surface area contributed by atoms with Gasteiger partial charge in [-0.3, -0.25) is 0 Å². The summed E-state index contributed by atoms with van der Waals surface area (Å²) in [7, 11) is 0. The molecule has 0 saturated heterocycles. The molecular formula is C24H46. The molecule has 0 heterocycles. The SMILES string of the molecule is CCC(CC(C)C)CC(C)C1C(CC(C)C2C(C)C2(C)C)C1(C)C. The molecule has 2 aliphatic rings. The monoisotopic (exact) mass is 334 g/mol. The number of hydrogen-bond acceptors (Lipinski definition) is 0. The molecule has 7 atom stereocenters. The van der Waals surface area contributed by atoms with Crippen molar-refractivity contribution >= 4 is 0 Å². The van der Waals surface area contributed by atoms with E-state index in [-0.39, 0.29) is 0 Å². The Balaban J connectivity index is 1.89. The largest absolute Gasteiger partial charge is 0.0651 e.